The van der Waals surface area contributed by atoms with Crippen LogP contribution in [0, 0.1) is 5.82 Å². The molecule has 0 aromatic heterocycles. The predicted octanol–water partition coefficient (Wildman–Crippen LogP) is 4.78. The summed E-state index contributed by atoms with van der Waals surface area (Å²) in [6.45, 7) is 1.01. The molecule has 1 heterocycles. The lowest BCUT2D eigenvalue weighted by molar-refractivity contribution is -0.117. The number of carbonyl (C=O) groups excluding carboxylic acids is 2. The molecule has 4 rings (SSSR count). The van der Waals surface area contributed by atoms with E-state index in [0.717, 1.165) is 24.2 Å². The molecule has 3 aromatic rings. The van der Waals surface area contributed by atoms with Gasteiger partial charge in [-0.15, -0.1) is 0 Å². The van der Waals surface area contributed by atoms with Crippen LogP contribution in [0.3, 0.4) is 0 Å². The molecular formula is C24H21FN2O3. The lowest BCUT2D eigenvalue weighted by atomic mass is 10.2. The summed E-state index contributed by atoms with van der Waals surface area (Å²) in [6.07, 6.45) is 1.45. The van der Waals surface area contributed by atoms with Crippen molar-refractivity contribution in [2.75, 3.05) is 16.8 Å². The van der Waals surface area contributed by atoms with Crippen LogP contribution in [0.4, 0.5) is 15.8 Å². The van der Waals surface area contributed by atoms with Gasteiger partial charge in [0.15, 0.2) is 0 Å². The van der Waals surface area contributed by atoms with E-state index in [4.69, 9.17) is 4.74 Å². The fourth-order valence-electron chi connectivity index (χ4n) is 3.32. The van der Waals surface area contributed by atoms with Crippen LogP contribution in [0.2, 0.25) is 0 Å². The predicted molar refractivity (Wildman–Crippen MR) is 113 cm³/mol. The van der Waals surface area contributed by atoms with E-state index in [1.165, 1.54) is 12.1 Å². The molecule has 2 amide bonds. The maximum atomic E-state index is 13.0. The Morgan fingerprint density at radius 2 is 1.80 bits per heavy atom. The minimum absolute atomic E-state index is 0.129. The minimum Gasteiger partial charge on any atom is -0.489 e. The minimum atomic E-state index is -0.294. The van der Waals surface area contributed by atoms with Crippen molar-refractivity contribution in [1.29, 1.82) is 0 Å². The highest BCUT2D eigenvalue weighted by Crippen LogP contribution is 2.23. The van der Waals surface area contributed by atoms with Crippen molar-refractivity contribution >= 4 is 23.2 Å². The second kappa shape index (κ2) is 8.78. The Morgan fingerprint density at radius 1 is 1.03 bits per heavy atom. The highest BCUT2D eigenvalue weighted by Gasteiger charge is 2.21. The molecule has 1 fully saturated rings. The fourth-order valence-corrected chi connectivity index (χ4v) is 3.32. The number of amides is 2. The van der Waals surface area contributed by atoms with Crippen LogP contribution in [0.25, 0.3) is 0 Å². The smallest absolute Gasteiger partial charge is 0.255 e. The summed E-state index contributed by atoms with van der Waals surface area (Å²) in [5.74, 6) is 0.129. The van der Waals surface area contributed by atoms with Gasteiger partial charge in [-0.2, -0.15) is 0 Å². The van der Waals surface area contributed by atoms with Gasteiger partial charge in [-0.3, -0.25) is 9.59 Å². The van der Waals surface area contributed by atoms with Crippen LogP contribution in [-0.2, 0) is 11.4 Å². The van der Waals surface area contributed by atoms with Crippen LogP contribution >= 0.6 is 0 Å². The van der Waals surface area contributed by atoms with E-state index in [2.05, 4.69) is 5.32 Å². The zero-order valence-electron chi connectivity index (χ0n) is 16.3. The molecule has 1 N–H and O–H groups in total. The third-order valence-electron chi connectivity index (χ3n) is 4.93. The van der Waals surface area contributed by atoms with Crippen molar-refractivity contribution in [3.05, 3.63) is 89.7 Å². The fraction of sp³-hybridized carbons (Fsp3) is 0.167. The monoisotopic (exact) mass is 404 g/mol. The zero-order chi connectivity index (χ0) is 20.9. The maximum absolute atomic E-state index is 13.0. The van der Waals surface area contributed by atoms with Crippen LogP contribution in [0.15, 0.2) is 72.8 Å². The average molecular weight is 404 g/mol. The summed E-state index contributed by atoms with van der Waals surface area (Å²) < 4.78 is 18.7. The molecule has 0 unspecified atom stereocenters. The first-order chi connectivity index (χ1) is 14.6. The highest BCUT2D eigenvalue weighted by atomic mass is 19.1. The Balaban J connectivity index is 1.38. The van der Waals surface area contributed by atoms with Gasteiger partial charge in [0, 0.05) is 29.9 Å². The lowest BCUT2D eigenvalue weighted by Gasteiger charge is -2.16. The molecule has 1 aliphatic heterocycles. The van der Waals surface area contributed by atoms with E-state index in [9.17, 15) is 14.0 Å². The topological polar surface area (TPSA) is 58.6 Å². The van der Waals surface area contributed by atoms with Crippen LogP contribution in [0.1, 0.15) is 28.8 Å². The van der Waals surface area contributed by atoms with Gasteiger partial charge in [0.2, 0.25) is 5.91 Å². The van der Waals surface area contributed by atoms with Crippen molar-refractivity contribution in [2.24, 2.45) is 0 Å². The second-order valence-corrected chi connectivity index (χ2v) is 7.09. The van der Waals surface area contributed by atoms with E-state index in [-0.39, 0.29) is 24.2 Å². The number of hydrogen-bond acceptors (Lipinski definition) is 3. The molecule has 0 aliphatic carbocycles. The standard InChI is InChI=1S/C24H21FN2O3/c25-19-8-6-17(7-9-19)16-30-22-4-1-3-18(15-22)24(29)26-20-10-12-21(13-11-20)27-14-2-5-23(27)28/h1,3-4,6-13,15H,2,5,14,16H2,(H,26,29). The summed E-state index contributed by atoms with van der Waals surface area (Å²) in [5.41, 5.74) is 2.79. The number of rotatable bonds is 6. The van der Waals surface area contributed by atoms with Gasteiger partial charge < -0.3 is 15.0 Å². The van der Waals surface area contributed by atoms with Crippen molar-refractivity contribution < 1.29 is 18.7 Å². The van der Waals surface area contributed by atoms with Crippen molar-refractivity contribution in [1.82, 2.24) is 0 Å². The largest absolute Gasteiger partial charge is 0.489 e. The van der Waals surface area contributed by atoms with Gasteiger partial charge in [-0.1, -0.05) is 18.2 Å². The Labute approximate surface area is 174 Å². The Bertz CT molecular complexity index is 1050. The lowest BCUT2D eigenvalue weighted by Crippen LogP contribution is -2.23. The molecule has 0 bridgehead atoms. The molecule has 0 radical (unpaired) electrons. The van der Waals surface area contributed by atoms with E-state index >= 15 is 0 Å². The van der Waals surface area contributed by atoms with E-state index in [1.54, 1.807) is 53.4 Å². The van der Waals surface area contributed by atoms with Crippen molar-refractivity contribution in [2.45, 2.75) is 19.4 Å². The van der Waals surface area contributed by atoms with E-state index in [1.807, 2.05) is 12.1 Å². The number of carbonyl (C=O) groups is 2. The number of hydrogen-bond donors (Lipinski definition) is 1. The first-order valence-corrected chi connectivity index (χ1v) is 9.77. The molecular weight excluding hydrogens is 383 g/mol. The number of nitrogens with one attached hydrogen (secondary N) is 1. The van der Waals surface area contributed by atoms with Gasteiger partial charge in [-0.05, 0) is 66.6 Å². The number of halogens is 1. The SMILES string of the molecule is O=C(Nc1ccc(N2CCCC2=O)cc1)c1cccc(OCc2ccc(F)cc2)c1. The molecule has 30 heavy (non-hydrogen) atoms. The molecule has 0 atom stereocenters. The van der Waals surface area contributed by atoms with Crippen LogP contribution in [0.5, 0.6) is 5.75 Å². The first kappa shape index (κ1) is 19.6. The van der Waals surface area contributed by atoms with Gasteiger partial charge in [0.1, 0.15) is 18.2 Å². The summed E-state index contributed by atoms with van der Waals surface area (Å²) in [7, 11) is 0. The van der Waals surface area contributed by atoms with Gasteiger partial charge >= 0.3 is 0 Å². The summed E-state index contributed by atoms with van der Waals surface area (Å²) in [4.78, 5) is 26.2. The average Bonchev–Trinajstić information content (AvgIpc) is 3.20. The Hall–Kier alpha value is -3.67. The summed E-state index contributed by atoms with van der Waals surface area (Å²) >= 11 is 0. The Kier molecular flexibility index (Phi) is 5.75. The number of ether oxygens (including phenoxy) is 1. The van der Waals surface area contributed by atoms with E-state index < -0.39 is 0 Å². The zero-order valence-corrected chi connectivity index (χ0v) is 16.3. The molecule has 1 aliphatic rings. The number of nitrogens with zero attached hydrogens (tertiary/aromatic N) is 1. The Morgan fingerprint density at radius 3 is 2.50 bits per heavy atom. The third-order valence-corrected chi connectivity index (χ3v) is 4.93. The molecule has 152 valence electrons. The molecule has 6 heteroatoms. The van der Waals surface area contributed by atoms with Crippen molar-refractivity contribution in [3.63, 3.8) is 0 Å². The normalized spacial score (nSPS) is 13.4. The molecule has 0 saturated carbocycles. The van der Waals surface area contributed by atoms with Gasteiger partial charge in [-0.25, -0.2) is 4.39 Å². The summed E-state index contributed by atoms with van der Waals surface area (Å²) in [5, 5.41) is 2.85. The van der Waals surface area contributed by atoms with E-state index in [0.29, 0.717) is 23.4 Å². The summed E-state index contributed by atoms with van der Waals surface area (Å²) in [6, 6.07) is 20.2. The third kappa shape index (κ3) is 4.66. The van der Waals surface area contributed by atoms with Crippen LogP contribution in [-0.4, -0.2) is 18.4 Å². The quantitative estimate of drug-likeness (QED) is 0.643. The van der Waals surface area contributed by atoms with Crippen LogP contribution < -0.4 is 15.0 Å². The molecule has 3 aromatic carbocycles. The molecule has 5 nitrogen and oxygen atoms in total. The molecule has 0 spiro atoms. The first-order valence-electron chi connectivity index (χ1n) is 9.77. The number of anilines is 2. The number of benzene rings is 3. The highest BCUT2D eigenvalue weighted by molar-refractivity contribution is 6.04. The second-order valence-electron chi connectivity index (χ2n) is 7.09. The van der Waals surface area contributed by atoms with Gasteiger partial charge in [0.05, 0.1) is 0 Å². The van der Waals surface area contributed by atoms with Gasteiger partial charge in [0.25, 0.3) is 5.91 Å². The maximum Gasteiger partial charge on any atom is 0.255 e. The van der Waals surface area contributed by atoms with Crippen molar-refractivity contribution in [3.8, 4) is 5.75 Å². The molecule has 1 saturated heterocycles.